The van der Waals surface area contributed by atoms with Gasteiger partial charge in [-0.25, -0.2) is 0 Å². The molecule has 3 heteroatoms. The summed E-state index contributed by atoms with van der Waals surface area (Å²) in [4.78, 5) is 13.5. The lowest BCUT2D eigenvalue weighted by molar-refractivity contribution is 0.228. The lowest BCUT2D eigenvalue weighted by atomic mass is 10.0. The summed E-state index contributed by atoms with van der Waals surface area (Å²) in [6.07, 6.45) is 0. The Labute approximate surface area is 117 Å². The van der Waals surface area contributed by atoms with Crippen molar-refractivity contribution < 1.29 is 4.79 Å². The van der Waals surface area contributed by atoms with Crippen LogP contribution in [0, 0.1) is 0 Å². The van der Waals surface area contributed by atoms with Gasteiger partial charge in [0.25, 0.3) is 5.24 Å². The molecule has 0 radical (unpaired) electrons. The van der Waals surface area contributed by atoms with Crippen molar-refractivity contribution in [3.63, 3.8) is 0 Å². The van der Waals surface area contributed by atoms with E-state index in [0.717, 1.165) is 18.8 Å². The molecule has 0 bridgehead atoms. The summed E-state index contributed by atoms with van der Waals surface area (Å²) in [5, 5.41) is 0.201. The number of carbonyl (C=O) groups excluding carboxylic acids is 1. The van der Waals surface area contributed by atoms with Gasteiger partial charge >= 0.3 is 0 Å². The molecule has 3 rings (SSSR count). The largest absolute Gasteiger partial charge is 0.328 e. The standard InChI is InChI=1S/C16H15NOS/c18-16-17(10-11-19-16)12-13-6-8-15(9-7-13)14-4-2-1-3-5-14/h1-9H,10-12H2. The predicted molar refractivity (Wildman–Crippen MR) is 80.1 cm³/mol. The number of benzene rings is 2. The second-order valence-electron chi connectivity index (χ2n) is 4.60. The maximum absolute atomic E-state index is 11.6. The highest BCUT2D eigenvalue weighted by Gasteiger charge is 2.20. The predicted octanol–water partition coefficient (Wildman–Crippen LogP) is 4.02. The van der Waals surface area contributed by atoms with Crippen LogP contribution < -0.4 is 0 Å². The highest BCUT2D eigenvalue weighted by atomic mass is 32.2. The molecule has 96 valence electrons. The van der Waals surface area contributed by atoms with Gasteiger partial charge in [-0.3, -0.25) is 4.79 Å². The fourth-order valence-electron chi connectivity index (χ4n) is 2.22. The van der Waals surface area contributed by atoms with Gasteiger partial charge in [-0.05, 0) is 16.7 Å². The van der Waals surface area contributed by atoms with Gasteiger partial charge in [0.1, 0.15) is 0 Å². The molecule has 0 atom stereocenters. The molecule has 1 amide bonds. The highest BCUT2D eigenvalue weighted by molar-refractivity contribution is 8.13. The van der Waals surface area contributed by atoms with E-state index in [2.05, 4.69) is 36.4 Å². The van der Waals surface area contributed by atoms with Gasteiger partial charge in [-0.1, -0.05) is 66.4 Å². The molecule has 1 aliphatic heterocycles. The van der Waals surface area contributed by atoms with Crippen LogP contribution >= 0.6 is 11.8 Å². The minimum Gasteiger partial charge on any atom is -0.328 e. The summed E-state index contributed by atoms with van der Waals surface area (Å²) in [5.41, 5.74) is 3.63. The molecule has 1 saturated heterocycles. The molecule has 0 aliphatic carbocycles. The molecule has 2 aromatic rings. The number of rotatable bonds is 3. The molecular formula is C16H15NOS. The van der Waals surface area contributed by atoms with Crippen LogP contribution in [0.15, 0.2) is 54.6 Å². The maximum Gasteiger partial charge on any atom is 0.282 e. The van der Waals surface area contributed by atoms with E-state index in [-0.39, 0.29) is 5.24 Å². The SMILES string of the molecule is O=C1SCCN1Cc1ccc(-c2ccccc2)cc1. The smallest absolute Gasteiger partial charge is 0.282 e. The Morgan fingerprint density at radius 3 is 2.26 bits per heavy atom. The van der Waals surface area contributed by atoms with Gasteiger partial charge in [0.05, 0.1) is 0 Å². The normalized spacial score (nSPS) is 14.9. The summed E-state index contributed by atoms with van der Waals surface area (Å²) in [6.45, 7) is 1.59. The Hall–Kier alpha value is -1.74. The molecule has 1 fully saturated rings. The van der Waals surface area contributed by atoms with E-state index in [9.17, 15) is 4.79 Å². The summed E-state index contributed by atoms with van der Waals surface area (Å²) in [6, 6.07) is 18.8. The van der Waals surface area contributed by atoms with Gasteiger partial charge in [-0.2, -0.15) is 0 Å². The van der Waals surface area contributed by atoms with Gasteiger partial charge in [0.15, 0.2) is 0 Å². The molecular weight excluding hydrogens is 254 g/mol. The number of carbonyl (C=O) groups is 1. The van der Waals surface area contributed by atoms with Crippen molar-refractivity contribution in [2.45, 2.75) is 6.54 Å². The number of hydrogen-bond acceptors (Lipinski definition) is 2. The van der Waals surface area contributed by atoms with Crippen LogP contribution in [-0.2, 0) is 6.54 Å². The van der Waals surface area contributed by atoms with Crippen LogP contribution in [0.25, 0.3) is 11.1 Å². The first-order valence-electron chi connectivity index (χ1n) is 6.39. The van der Waals surface area contributed by atoms with E-state index in [1.165, 1.54) is 28.5 Å². The van der Waals surface area contributed by atoms with Gasteiger partial charge in [-0.15, -0.1) is 0 Å². The zero-order valence-electron chi connectivity index (χ0n) is 10.6. The Kier molecular flexibility index (Phi) is 3.56. The average molecular weight is 269 g/mol. The Balaban J connectivity index is 1.74. The zero-order chi connectivity index (χ0) is 13.1. The van der Waals surface area contributed by atoms with Crippen molar-refractivity contribution in [3.8, 4) is 11.1 Å². The number of hydrogen-bond donors (Lipinski definition) is 0. The van der Waals surface area contributed by atoms with Crippen molar-refractivity contribution in [2.75, 3.05) is 12.3 Å². The first-order chi connectivity index (χ1) is 9.33. The molecule has 2 nitrogen and oxygen atoms in total. The third kappa shape index (κ3) is 2.82. The molecule has 0 unspecified atom stereocenters. The molecule has 0 spiro atoms. The van der Waals surface area contributed by atoms with Crippen molar-refractivity contribution in [2.24, 2.45) is 0 Å². The van der Waals surface area contributed by atoms with Crippen molar-refractivity contribution in [1.82, 2.24) is 4.90 Å². The van der Waals surface area contributed by atoms with Gasteiger partial charge < -0.3 is 4.90 Å². The average Bonchev–Trinajstić information content (AvgIpc) is 2.86. The third-order valence-electron chi connectivity index (χ3n) is 3.28. The summed E-state index contributed by atoms with van der Waals surface area (Å²) in [7, 11) is 0. The quantitative estimate of drug-likeness (QED) is 0.838. The summed E-state index contributed by atoms with van der Waals surface area (Å²) >= 11 is 1.41. The maximum atomic E-state index is 11.6. The topological polar surface area (TPSA) is 20.3 Å². The van der Waals surface area contributed by atoms with Crippen LogP contribution in [0.1, 0.15) is 5.56 Å². The Morgan fingerprint density at radius 1 is 0.947 bits per heavy atom. The van der Waals surface area contributed by atoms with Crippen LogP contribution in [-0.4, -0.2) is 22.4 Å². The molecule has 0 aromatic heterocycles. The van der Waals surface area contributed by atoms with Gasteiger partial charge in [0.2, 0.25) is 0 Å². The van der Waals surface area contributed by atoms with E-state index in [0.29, 0.717) is 0 Å². The second kappa shape index (κ2) is 5.49. The Morgan fingerprint density at radius 2 is 1.63 bits per heavy atom. The molecule has 1 aliphatic rings. The monoisotopic (exact) mass is 269 g/mol. The summed E-state index contributed by atoms with van der Waals surface area (Å²) < 4.78 is 0. The number of amides is 1. The third-order valence-corrected chi connectivity index (χ3v) is 4.17. The molecule has 0 saturated carbocycles. The lowest BCUT2D eigenvalue weighted by Gasteiger charge is -2.14. The highest BCUT2D eigenvalue weighted by Crippen LogP contribution is 2.22. The van der Waals surface area contributed by atoms with Crippen molar-refractivity contribution in [1.29, 1.82) is 0 Å². The molecule has 2 aromatic carbocycles. The van der Waals surface area contributed by atoms with E-state index in [1.807, 2.05) is 23.1 Å². The van der Waals surface area contributed by atoms with Crippen molar-refractivity contribution in [3.05, 3.63) is 60.2 Å². The zero-order valence-corrected chi connectivity index (χ0v) is 11.4. The number of nitrogens with zero attached hydrogens (tertiary/aromatic N) is 1. The van der Waals surface area contributed by atoms with E-state index >= 15 is 0 Å². The number of thioether (sulfide) groups is 1. The van der Waals surface area contributed by atoms with E-state index < -0.39 is 0 Å². The van der Waals surface area contributed by atoms with Crippen LogP contribution in [0.3, 0.4) is 0 Å². The second-order valence-corrected chi connectivity index (χ2v) is 5.65. The summed E-state index contributed by atoms with van der Waals surface area (Å²) in [5.74, 6) is 0.918. The fourth-order valence-corrected chi connectivity index (χ4v) is 3.05. The first-order valence-corrected chi connectivity index (χ1v) is 7.37. The molecule has 1 heterocycles. The van der Waals surface area contributed by atoms with E-state index in [4.69, 9.17) is 0 Å². The fraction of sp³-hybridized carbons (Fsp3) is 0.188. The van der Waals surface area contributed by atoms with Crippen LogP contribution in [0.4, 0.5) is 4.79 Å². The van der Waals surface area contributed by atoms with Gasteiger partial charge in [0, 0.05) is 18.8 Å². The van der Waals surface area contributed by atoms with Crippen LogP contribution in [0.5, 0.6) is 0 Å². The molecule has 0 N–H and O–H groups in total. The van der Waals surface area contributed by atoms with E-state index in [1.54, 1.807) is 0 Å². The molecule has 19 heavy (non-hydrogen) atoms. The lowest BCUT2D eigenvalue weighted by Crippen LogP contribution is -2.22. The first kappa shape index (κ1) is 12.3. The minimum absolute atomic E-state index is 0.201. The van der Waals surface area contributed by atoms with Crippen molar-refractivity contribution >= 4 is 17.0 Å². The minimum atomic E-state index is 0.201. The van der Waals surface area contributed by atoms with Crippen LogP contribution in [0.2, 0.25) is 0 Å². The Bertz CT molecular complexity index is 565.